The fourth-order valence-corrected chi connectivity index (χ4v) is 4.89. The van der Waals surface area contributed by atoms with Crippen LogP contribution in [-0.2, 0) is 10.8 Å². The molecule has 1 aliphatic rings. The average molecular weight is 416 g/mol. The summed E-state index contributed by atoms with van der Waals surface area (Å²) in [7, 11) is 0. The summed E-state index contributed by atoms with van der Waals surface area (Å²) in [6.45, 7) is 10.9. The van der Waals surface area contributed by atoms with Crippen LogP contribution in [0.25, 0.3) is 10.8 Å². The van der Waals surface area contributed by atoms with Gasteiger partial charge in [-0.2, -0.15) is 0 Å². The van der Waals surface area contributed by atoms with E-state index in [0.29, 0.717) is 16.7 Å². The molecule has 0 aliphatic heterocycles. The number of nitrogens with zero attached hydrogens (tertiary/aromatic N) is 1. The van der Waals surface area contributed by atoms with Gasteiger partial charge in [0.25, 0.3) is 0 Å². The molecule has 3 aromatic carbocycles. The first kappa shape index (κ1) is 21.1. The quantitative estimate of drug-likeness (QED) is 0.294. The van der Waals surface area contributed by atoms with Crippen LogP contribution < -0.4 is 0 Å². The van der Waals surface area contributed by atoms with E-state index in [4.69, 9.17) is 0 Å². The Morgan fingerprint density at radius 2 is 1.48 bits per heavy atom. The molecule has 0 unspecified atom stereocenters. The second-order valence-corrected chi connectivity index (χ2v) is 9.98. The zero-order valence-electron chi connectivity index (χ0n) is 18.8. The van der Waals surface area contributed by atoms with Gasteiger partial charge in [0.2, 0.25) is 0 Å². The third-order valence-corrected chi connectivity index (χ3v) is 6.94. The summed E-state index contributed by atoms with van der Waals surface area (Å²) in [5.41, 5.74) is 5.96. The molecular weight excluding hydrogens is 386 g/mol. The molecule has 0 aromatic heterocycles. The van der Waals surface area contributed by atoms with Crippen LogP contribution in [-0.4, -0.2) is 22.0 Å². The molecule has 4 rings (SSSR count). The number of hydrogen-bond donors (Lipinski definition) is 2. The van der Waals surface area contributed by atoms with Crippen LogP contribution in [0.5, 0.6) is 0 Å². The Morgan fingerprint density at radius 3 is 2.13 bits per heavy atom. The van der Waals surface area contributed by atoms with E-state index in [-0.39, 0.29) is 10.8 Å². The Bertz CT molecular complexity index is 1230. The lowest BCUT2D eigenvalue weighted by molar-refractivity contribution is 0.0698. The lowest BCUT2D eigenvalue weighted by Crippen LogP contribution is -2.34. The number of carboxylic acids is 1. The van der Waals surface area contributed by atoms with Crippen LogP contribution in [0.2, 0.25) is 0 Å². The molecule has 160 valence electrons. The van der Waals surface area contributed by atoms with Crippen molar-refractivity contribution < 1.29 is 15.1 Å². The van der Waals surface area contributed by atoms with Gasteiger partial charge in [0, 0.05) is 11.1 Å². The smallest absolute Gasteiger partial charge is 0.336 e. The number of aryl methyl sites for hydroxylation is 1. The monoisotopic (exact) mass is 415 g/mol. The van der Waals surface area contributed by atoms with Crippen molar-refractivity contribution >= 4 is 22.5 Å². The van der Waals surface area contributed by atoms with Gasteiger partial charge >= 0.3 is 5.97 Å². The SMILES string of the molecule is Cc1ccc2cc(C(=NO)c3ccc4c(c3)C(C)(C)CCC4(C)C)ccc2c1C(=O)O. The predicted octanol–water partition coefficient (Wildman–Crippen LogP) is 6.42. The minimum Gasteiger partial charge on any atom is -0.478 e. The summed E-state index contributed by atoms with van der Waals surface area (Å²) in [5, 5.41) is 24.7. The Kier molecular flexibility index (Phi) is 4.92. The second-order valence-electron chi connectivity index (χ2n) is 9.98. The van der Waals surface area contributed by atoms with E-state index in [1.807, 2.05) is 30.3 Å². The van der Waals surface area contributed by atoms with Crippen molar-refractivity contribution in [1.82, 2.24) is 0 Å². The number of benzene rings is 3. The predicted molar refractivity (Wildman–Crippen MR) is 125 cm³/mol. The summed E-state index contributed by atoms with van der Waals surface area (Å²) in [5.74, 6) is -0.938. The Hall–Kier alpha value is -3.14. The van der Waals surface area contributed by atoms with Crippen molar-refractivity contribution in [1.29, 1.82) is 0 Å². The van der Waals surface area contributed by atoms with Gasteiger partial charge in [-0.3, -0.25) is 0 Å². The summed E-state index contributed by atoms with van der Waals surface area (Å²) < 4.78 is 0. The van der Waals surface area contributed by atoms with Crippen molar-refractivity contribution in [2.75, 3.05) is 0 Å². The normalized spacial score (nSPS) is 17.4. The molecule has 0 radical (unpaired) electrons. The molecule has 31 heavy (non-hydrogen) atoms. The first-order valence-electron chi connectivity index (χ1n) is 10.7. The number of fused-ring (bicyclic) bond motifs is 2. The van der Waals surface area contributed by atoms with Gasteiger partial charge in [0.1, 0.15) is 5.71 Å². The minimum absolute atomic E-state index is 0.0543. The Balaban J connectivity index is 1.85. The molecule has 1 aliphatic carbocycles. The van der Waals surface area contributed by atoms with Crippen molar-refractivity contribution in [2.24, 2.45) is 5.16 Å². The van der Waals surface area contributed by atoms with Gasteiger partial charge in [0.05, 0.1) is 5.56 Å². The number of aromatic carboxylic acids is 1. The van der Waals surface area contributed by atoms with Gasteiger partial charge in [0.15, 0.2) is 0 Å². The molecule has 4 heteroatoms. The molecule has 0 saturated heterocycles. The van der Waals surface area contributed by atoms with Crippen LogP contribution in [0, 0.1) is 6.92 Å². The van der Waals surface area contributed by atoms with E-state index >= 15 is 0 Å². The largest absolute Gasteiger partial charge is 0.478 e. The molecule has 2 N–H and O–H groups in total. The second kappa shape index (κ2) is 7.23. The van der Waals surface area contributed by atoms with Gasteiger partial charge in [-0.25, -0.2) is 4.79 Å². The van der Waals surface area contributed by atoms with Crippen LogP contribution in [0.1, 0.15) is 78.7 Å². The maximum atomic E-state index is 11.7. The Labute approximate surface area is 183 Å². The highest BCUT2D eigenvalue weighted by atomic mass is 16.4. The number of hydrogen-bond acceptors (Lipinski definition) is 3. The summed E-state index contributed by atoms with van der Waals surface area (Å²) in [6, 6.07) is 15.6. The van der Waals surface area contributed by atoms with E-state index in [0.717, 1.165) is 34.9 Å². The van der Waals surface area contributed by atoms with Crippen LogP contribution >= 0.6 is 0 Å². The van der Waals surface area contributed by atoms with Gasteiger partial charge in [-0.1, -0.05) is 69.2 Å². The highest BCUT2D eigenvalue weighted by Gasteiger charge is 2.37. The summed E-state index contributed by atoms with van der Waals surface area (Å²) in [6.07, 6.45) is 2.25. The molecule has 0 amide bonds. The van der Waals surface area contributed by atoms with E-state index in [9.17, 15) is 15.1 Å². The van der Waals surface area contributed by atoms with Crippen molar-refractivity contribution in [3.05, 3.63) is 81.9 Å². The van der Waals surface area contributed by atoms with Gasteiger partial charge in [-0.15, -0.1) is 0 Å². The van der Waals surface area contributed by atoms with E-state index in [2.05, 4.69) is 45.0 Å². The van der Waals surface area contributed by atoms with Crippen LogP contribution in [0.15, 0.2) is 53.7 Å². The van der Waals surface area contributed by atoms with Crippen LogP contribution in [0.4, 0.5) is 0 Å². The minimum atomic E-state index is -0.938. The van der Waals surface area contributed by atoms with Crippen molar-refractivity contribution in [3.8, 4) is 0 Å². The van der Waals surface area contributed by atoms with Crippen molar-refractivity contribution in [2.45, 2.75) is 58.3 Å². The first-order chi connectivity index (χ1) is 14.5. The highest BCUT2D eigenvalue weighted by Crippen LogP contribution is 2.46. The van der Waals surface area contributed by atoms with Gasteiger partial charge < -0.3 is 10.3 Å². The zero-order valence-corrected chi connectivity index (χ0v) is 18.8. The van der Waals surface area contributed by atoms with Crippen LogP contribution in [0.3, 0.4) is 0 Å². The highest BCUT2D eigenvalue weighted by molar-refractivity contribution is 6.15. The molecule has 0 saturated carbocycles. The standard InChI is InChI=1S/C27H29NO3/c1-16-6-7-17-14-18(8-10-20(17)23(16)25(29)30)24(28-31)19-9-11-21-22(15-19)27(4,5)13-12-26(21,2)3/h6-11,14-15,31H,12-13H2,1-5H3,(H,29,30). The molecule has 0 atom stereocenters. The maximum absolute atomic E-state index is 11.7. The first-order valence-corrected chi connectivity index (χ1v) is 10.7. The number of carbonyl (C=O) groups is 1. The molecule has 0 bridgehead atoms. The average Bonchev–Trinajstić information content (AvgIpc) is 2.72. The summed E-state index contributed by atoms with van der Waals surface area (Å²) >= 11 is 0. The molecular formula is C27H29NO3. The third-order valence-electron chi connectivity index (χ3n) is 6.94. The molecule has 0 heterocycles. The molecule has 3 aromatic rings. The van der Waals surface area contributed by atoms with E-state index < -0.39 is 5.97 Å². The number of rotatable bonds is 3. The fraction of sp³-hybridized carbons (Fsp3) is 0.333. The van der Waals surface area contributed by atoms with Gasteiger partial charge in [-0.05, 0) is 70.2 Å². The lowest BCUT2D eigenvalue weighted by Gasteiger charge is -2.42. The Morgan fingerprint density at radius 1 is 0.871 bits per heavy atom. The number of oxime groups is 1. The topological polar surface area (TPSA) is 69.9 Å². The lowest BCUT2D eigenvalue weighted by atomic mass is 9.63. The third kappa shape index (κ3) is 3.50. The van der Waals surface area contributed by atoms with E-state index in [1.165, 1.54) is 11.1 Å². The number of carboxylic acid groups (broad SMARTS) is 1. The van der Waals surface area contributed by atoms with Crippen molar-refractivity contribution in [3.63, 3.8) is 0 Å². The zero-order chi connectivity index (χ0) is 22.6. The molecule has 4 nitrogen and oxygen atoms in total. The summed E-state index contributed by atoms with van der Waals surface area (Å²) in [4.78, 5) is 11.7. The molecule has 0 spiro atoms. The fourth-order valence-electron chi connectivity index (χ4n) is 4.89. The maximum Gasteiger partial charge on any atom is 0.336 e. The van der Waals surface area contributed by atoms with E-state index in [1.54, 1.807) is 13.0 Å². The molecule has 0 fully saturated rings.